The van der Waals surface area contributed by atoms with Crippen LogP contribution in [0.25, 0.3) is 0 Å². The molecule has 1 saturated heterocycles. The summed E-state index contributed by atoms with van der Waals surface area (Å²) in [6.07, 6.45) is -4.40. The second kappa shape index (κ2) is 10.5. The molecule has 2 heterocycles. The fraction of sp³-hybridized carbons (Fsp3) is 0.355. The van der Waals surface area contributed by atoms with E-state index >= 15 is 0 Å². The van der Waals surface area contributed by atoms with E-state index in [1.54, 1.807) is 34.1 Å². The second-order valence-electron chi connectivity index (χ2n) is 11.2. The van der Waals surface area contributed by atoms with E-state index in [1.165, 1.54) is 6.07 Å². The zero-order valence-electron chi connectivity index (χ0n) is 22.8. The van der Waals surface area contributed by atoms with Crippen molar-refractivity contribution >= 4 is 23.2 Å². The van der Waals surface area contributed by atoms with Crippen LogP contribution in [0, 0.1) is 0 Å². The van der Waals surface area contributed by atoms with Crippen molar-refractivity contribution < 1.29 is 27.5 Å². The predicted octanol–water partition coefficient (Wildman–Crippen LogP) is 5.89. The molecular weight excluding hydrogens is 519 g/mol. The Labute approximate surface area is 231 Å². The van der Waals surface area contributed by atoms with Gasteiger partial charge in [-0.05, 0) is 59.0 Å². The highest BCUT2D eigenvalue weighted by molar-refractivity contribution is 5.98. The van der Waals surface area contributed by atoms with Crippen LogP contribution in [-0.2, 0) is 22.9 Å². The average Bonchev–Trinajstić information content (AvgIpc) is 2.93. The van der Waals surface area contributed by atoms with E-state index in [4.69, 9.17) is 4.74 Å². The van der Waals surface area contributed by atoms with Gasteiger partial charge in [0.15, 0.2) is 6.61 Å². The van der Waals surface area contributed by atoms with Crippen LogP contribution in [0.2, 0.25) is 0 Å². The number of nitrogens with zero attached hydrogens (tertiary/aromatic N) is 3. The van der Waals surface area contributed by atoms with Crippen LogP contribution >= 0.6 is 0 Å². The number of carbonyl (C=O) groups is 2. The lowest BCUT2D eigenvalue weighted by Gasteiger charge is -2.36. The number of benzene rings is 3. The summed E-state index contributed by atoms with van der Waals surface area (Å²) in [5.41, 5.74) is 2.84. The number of hydrogen-bond acceptors (Lipinski definition) is 4. The van der Waals surface area contributed by atoms with Crippen molar-refractivity contribution in [2.24, 2.45) is 0 Å². The highest BCUT2D eigenvalue weighted by Crippen LogP contribution is 2.37. The van der Waals surface area contributed by atoms with Gasteiger partial charge in [0.05, 0.1) is 17.8 Å². The molecule has 0 unspecified atom stereocenters. The van der Waals surface area contributed by atoms with Crippen LogP contribution in [0.5, 0.6) is 5.75 Å². The summed E-state index contributed by atoms with van der Waals surface area (Å²) in [7, 11) is 0. The Morgan fingerprint density at radius 3 is 2.30 bits per heavy atom. The summed E-state index contributed by atoms with van der Waals surface area (Å²) in [6.45, 7) is 8.24. The van der Waals surface area contributed by atoms with Gasteiger partial charge in [0.25, 0.3) is 11.8 Å². The highest BCUT2D eigenvalue weighted by Gasteiger charge is 2.32. The van der Waals surface area contributed by atoms with E-state index in [1.807, 2.05) is 29.2 Å². The Kier molecular flexibility index (Phi) is 7.25. The lowest BCUT2D eigenvalue weighted by molar-refractivity contribution is -0.137. The topological polar surface area (TPSA) is 53.1 Å². The van der Waals surface area contributed by atoms with Crippen molar-refractivity contribution in [3.63, 3.8) is 0 Å². The molecule has 210 valence electrons. The van der Waals surface area contributed by atoms with Gasteiger partial charge >= 0.3 is 6.18 Å². The molecule has 2 aliphatic heterocycles. The average molecular weight is 552 g/mol. The van der Waals surface area contributed by atoms with Gasteiger partial charge in [-0.3, -0.25) is 9.59 Å². The van der Waals surface area contributed by atoms with Crippen LogP contribution in [0.15, 0.2) is 66.7 Å². The normalized spacial score (nSPS) is 16.1. The highest BCUT2D eigenvalue weighted by atomic mass is 19.4. The third kappa shape index (κ3) is 5.78. The van der Waals surface area contributed by atoms with E-state index in [-0.39, 0.29) is 23.8 Å². The molecule has 0 bridgehead atoms. The number of rotatable bonds is 4. The summed E-state index contributed by atoms with van der Waals surface area (Å²) < 4.78 is 45.1. The number of anilines is 2. The maximum absolute atomic E-state index is 13.3. The molecule has 0 N–H and O–H groups in total. The quantitative estimate of drug-likeness (QED) is 0.406. The third-order valence-corrected chi connectivity index (χ3v) is 7.39. The number of amides is 2. The first kappa shape index (κ1) is 27.6. The first-order valence-electron chi connectivity index (χ1n) is 13.3. The van der Waals surface area contributed by atoms with Crippen molar-refractivity contribution in [3.8, 4) is 5.75 Å². The SMILES string of the molecule is CC(C)(C)c1ccc2c(c1)N(Cc1cccc(C(=O)N3CCN(c4cccc(C(F)(F)F)c4)CC3)c1)C(=O)CO2. The molecular formula is C31H32F3N3O3. The largest absolute Gasteiger partial charge is 0.482 e. The minimum absolute atomic E-state index is 0.0450. The van der Waals surface area contributed by atoms with Gasteiger partial charge in [-0.15, -0.1) is 0 Å². The van der Waals surface area contributed by atoms with Crippen LogP contribution < -0.4 is 14.5 Å². The molecule has 5 rings (SSSR count). The van der Waals surface area contributed by atoms with Crippen molar-refractivity contribution in [3.05, 3.63) is 89.0 Å². The molecule has 9 heteroatoms. The minimum Gasteiger partial charge on any atom is -0.482 e. The fourth-order valence-corrected chi connectivity index (χ4v) is 5.06. The number of halogens is 3. The molecule has 2 amide bonds. The molecule has 3 aromatic rings. The van der Waals surface area contributed by atoms with Crippen LogP contribution in [0.3, 0.4) is 0 Å². The Morgan fingerprint density at radius 2 is 1.60 bits per heavy atom. The van der Waals surface area contributed by atoms with Gasteiger partial charge in [0.2, 0.25) is 0 Å². The first-order chi connectivity index (χ1) is 18.9. The van der Waals surface area contributed by atoms with Gasteiger partial charge in [0, 0.05) is 37.4 Å². The molecule has 0 aromatic heterocycles. The first-order valence-corrected chi connectivity index (χ1v) is 13.3. The van der Waals surface area contributed by atoms with E-state index < -0.39 is 11.7 Å². The molecule has 1 fully saturated rings. The second-order valence-corrected chi connectivity index (χ2v) is 11.2. The summed E-state index contributed by atoms with van der Waals surface area (Å²) in [6, 6.07) is 18.4. The molecule has 0 radical (unpaired) electrons. The monoisotopic (exact) mass is 551 g/mol. The molecule has 6 nitrogen and oxygen atoms in total. The fourth-order valence-electron chi connectivity index (χ4n) is 5.06. The minimum atomic E-state index is -4.40. The lowest BCUT2D eigenvalue weighted by Crippen LogP contribution is -2.48. The van der Waals surface area contributed by atoms with Crippen molar-refractivity contribution in [1.29, 1.82) is 0 Å². The smallest absolute Gasteiger partial charge is 0.416 e. The molecule has 0 atom stereocenters. The Morgan fingerprint density at radius 1 is 0.875 bits per heavy atom. The van der Waals surface area contributed by atoms with Gasteiger partial charge < -0.3 is 19.4 Å². The molecule has 2 aliphatic rings. The van der Waals surface area contributed by atoms with Gasteiger partial charge in [-0.2, -0.15) is 13.2 Å². The van der Waals surface area contributed by atoms with E-state index in [2.05, 4.69) is 20.8 Å². The van der Waals surface area contributed by atoms with Gasteiger partial charge in [-0.1, -0.05) is 45.0 Å². The van der Waals surface area contributed by atoms with Crippen LogP contribution in [-0.4, -0.2) is 49.5 Å². The number of fused-ring (bicyclic) bond motifs is 1. The Bertz CT molecular complexity index is 1420. The molecule has 0 aliphatic carbocycles. The van der Waals surface area contributed by atoms with Crippen molar-refractivity contribution in [2.45, 2.75) is 38.9 Å². The van der Waals surface area contributed by atoms with Crippen molar-refractivity contribution in [1.82, 2.24) is 4.90 Å². The molecule has 0 saturated carbocycles. The lowest BCUT2D eigenvalue weighted by atomic mass is 9.86. The molecule has 3 aromatic carbocycles. The molecule has 40 heavy (non-hydrogen) atoms. The summed E-state index contributed by atoms with van der Waals surface area (Å²) >= 11 is 0. The van der Waals surface area contributed by atoms with Gasteiger partial charge in [-0.25, -0.2) is 0 Å². The zero-order valence-corrected chi connectivity index (χ0v) is 22.8. The summed E-state index contributed by atoms with van der Waals surface area (Å²) in [5, 5.41) is 0. The summed E-state index contributed by atoms with van der Waals surface area (Å²) in [4.78, 5) is 31.5. The van der Waals surface area contributed by atoms with E-state index in [9.17, 15) is 22.8 Å². The van der Waals surface area contributed by atoms with Crippen LogP contribution in [0.1, 0.15) is 47.8 Å². The maximum atomic E-state index is 13.3. The number of alkyl halides is 3. The number of piperazine rings is 1. The van der Waals surface area contributed by atoms with Gasteiger partial charge in [0.1, 0.15) is 5.75 Å². The van der Waals surface area contributed by atoms with Crippen molar-refractivity contribution in [2.75, 3.05) is 42.6 Å². The number of hydrogen-bond donors (Lipinski definition) is 0. The standard InChI is InChI=1S/C31H32F3N3O3/c1-30(2,3)23-10-11-27-26(18-23)37(28(38)20-40-27)19-21-6-4-7-22(16-21)29(39)36-14-12-35(13-15-36)25-9-5-8-24(17-25)31(32,33)34/h4-11,16-18H,12-15,19-20H2,1-3H3. The van der Waals surface area contributed by atoms with E-state index in [0.717, 1.165) is 23.3 Å². The van der Waals surface area contributed by atoms with Crippen LogP contribution in [0.4, 0.5) is 24.5 Å². The zero-order chi connectivity index (χ0) is 28.7. The third-order valence-electron chi connectivity index (χ3n) is 7.39. The summed E-state index contributed by atoms with van der Waals surface area (Å²) in [5.74, 6) is 0.355. The number of carbonyl (C=O) groups excluding carboxylic acids is 2. The Balaban J connectivity index is 1.28. The predicted molar refractivity (Wildman–Crippen MR) is 148 cm³/mol. The number of ether oxygens (including phenoxy) is 1. The molecule has 0 spiro atoms. The van der Waals surface area contributed by atoms with E-state index in [0.29, 0.717) is 55.4 Å². The maximum Gasteiger partial charge on any atom is 0.416 e. The Hall–Kier alpha value is -4.01.